The summed E-state index contributed by atoms with van der Waals surface area (Å²) < 4.78 is 0. The molecule has 1 aliphatic heterocycles. The SMILES string of the molecule is Cc1cc(C)c(C(=O)N2CCN(C(=O)C3CCC3)CC2)c(C)c1. The fourth-order valence-electron chi connectivity index (χ4n) is 3.72. The molecular weight excluding hydrogens is 288 g/mol. The van der Waals surface area contributed by atoms with Crippen LogP contribution in [0.25, 0.3) is 0 Å². The molecule has 2 fully saturated rings. The van der Waals surface area contributed by atoms with Gasteiger partial charge in [-0.25, -0.2) is 0 Å². The number of hydrogen-bond acceptors (Lipinski definition) is 2. The Balaban J connectivity index is 1.65. The van der Waals surface area contributed by atoms with E-state index >= 15 is 0 Å². The van der Waals surface area contributed by atoms with Gasteiger partial charge in [0.15, 0.2) is 0 Å². The van der Waals surface area contributed by atoms with Crippen LogP contribution in [0.1, 0.15) is 46.3 Å². The van der Waals surface area contributed by atoms with Crippen molar-refractivity contribution in [1.29, 1.82) is 0 Å². The van der Waals surface area contributed by atoms with E-state index < -0.39 is 0 Å². The van der Waals surface area contributed by atoms with Crippen LogP contribution < -0.4 is 0 Å². The maximum Gasteiger partial charge on any atom is 0.254 e. The summed E-state index contributed by atoms with van der Waals surface area (Å²) in [5.74, 6) is 0.653. The molecule has 0 unspecified atom stereocenters. The van der Waals surface area contributed by atoms with Gasteiger partial charge in [0.05, 0.1) is 0 Å². The lowest BCUT2D eigenvalue weighted by atomic mass is 9.84. The van der Waals surface area contributed by atoms with E-state index in [-0.39, 0.29) is 11.8 Å². The summed E-state index contributed by atoms with van der Waals surface area (Å²) in [5, 5.41) is 0. The van der Waals surface area contributed by atoms with E-state index in [9.17, 15) is 9.59 Å². The molecule has 1 heterocycles. The van der Waals surface area contributed by atoms with Crippen molar-refractivity contribution >= 4 is 11.8 Å². The van der Waals surface area contributed by atoms with E-state index in [0.717, 1.165) is 29.5 Å². The molecule has 2 aliphatic rings. The van der Waals surface area contributed by atoms with Gasteiger partial charge in [-0.15, -0.1) is 0 Å². The Morgan fingerprint density at radius 3 is 1.91 bits per heavy atom. The van der Waals surface area contributed by atoms with Crippen molar-refractivity contribution in [3.8, 4) is 0 Å². The van der Waals surface area contributed by atoms with E-state index in [1.165, 1.54) is 12.0 Å². The monoisotopic (exact) mass is 314 g/mol. The summed E-state index contributed by atoms with van der Waals surface area (Å²) in [6.07, 6.45) is 3.26. The second-order valence-electron chi connectivity index (χ2n) is 7.02. The summed E-state index contributed by atoms with van der Waals surface area (Å²) in [7, 11) is 0. The number of hydrogen-bond donors (Lipinski definition) is 0. The van der Waals surface area contributed by atoms with Crippen LogP contribution in [0, 0.1) is 26.7 Å². The molecule has 23 heavy (non-hydrogen) atoms. The van der Waals surface area contributed by atoms with Gasteiger partial charge in [-0.3, -0.25) is 9.59 Å². The van der Waals surface area contributed by atoms with Crippen LogP contribution in [0.2, 0.25) is 0 Å². The zero-order chi connectivity index (χ0) is 16.6. The summed E-state index contributed by atoms with van der Waals surface area (Å²) in [6, 6.07) is 4.13. The van der Waals surface area contributed by atoms with E-state index in [2.05, 4.69) is 19.1 Å². The Hall–Kier alpha value is -1.84. The molecule has 4 nitrogen and oxygen atoms in total. The number of carbonyl (C=O) groups excluding carboxylic acids is 2. The minimum atomic E-state index is 0.107. The van der Waals surface area contributed by atoms with Crippen LogP contribution in [0.4, 0.5) is 0 Å². The lowest BCUT2D eigenvalue weighted by Crippen LogP contribution is -2.52. The van der Waals surface area contributed by atoms with E-state index in [1.807, 2.05) is 23.6 Å². The smallest absolute Gasteiger partial charge is 0.254 e. The first-order chi connectivity index (χ1) is 11.0. The van der Waals surface area contributed by atoms with Gasteiger partial charge >= 0.3 is 0 Å². The molecule has 3 rings (SSSR count). The number of benzene rings is 1. The number of carbonyl (C=O) groups is 2. The van der Waals surface area contributed by atoms with Crippen molar-refractivity contribution in [1.82, 2.24) is 9.80 Å². The van der Waals surface area contributed by atoms with Crippen molar-refractivity contribution in [2.75, 3.05) is 26.2 Å². The predicted molar refractivity (Wildman–Crippen MR) is 90.5 cm³/mol. The van der Waals surface area contributed by atoms with Gasteiger partial charge in [-0.05, 0) is 44.7 Å². The standard InChI is InChI=1S/C19H26N2O2/c1-13-11-14(2)17(15(3)12-13)19(23)21-9-7-20(8-10-21)18(22)16-5-4-6-16/h11-12,16H,4-10H2,1-3H3. The van der Waals surface area contributed by atoms with Gasteiger partial charge in [0, 0.05) is 37.7 Å². The average molecular weight is 314 g/mol. The molecule has 1 aromatic rings. The molecule has 1 aromatic carbocycles. The summed E-state index contributed by atoms with van der Waals surface area (Å²) in [5.41, 5.74) is 4.10. The molecule has 1 saturated carbocycles. The van der Waals surface area contributed by atoms with Gasteiger partial charge in [0.2, 0.25) is 5.91 Å². The number of nitrogens with zero attached hydrogens (tertiary/aromatic N) is 2. The lowest BCUT2D eigenvalue weighted by Gasteiger charge is -2.38. The molecule has 0 radical (unpaired) electrons. The number of rotatable bonds is 2. The Labute approximate surface area is 138 Å². The molecule has 124 valence electrons. The maximum atomic E-state index is 12.9. The lowest BCUT2D eigenvalue weighted by molar-refractivity contribution is -0.139. The van der Waals surface area contributed by atoms with Crippen LogP contribution in [0.5, 0.6) is 0 Å². The van der Waals surface area contributed by atoms with Crippen molar-refractivity contribution in [3.05, 3.63) is 34.4 Å². The molecule has 0 bridgehead atoms. The highest BCUT2D eigenvalue weighted by Gasteiger charge is 2.32. The average Bonchev–Trinajstić information content (AvgIpc) is 2.44. The zero-order valence-corrected chi connectivity index (χ0v) is 14.4. The second-order valence-corrected chi connectivity index (χ2v) is 7.02. The van der Waals surface area contributed by atoms with E-state index in [1.54, 1.807) is 0 Å². The minimum Gasteiger partial charge on any atom is -0.339 e. The summed E-state index contributed by atoms with van der Waals surface area (Å²) in [6.45, 7) is 8.69. The van der Waals surface area contributed by atoms with E-state index in [0.29, 0.717) is 32.1 Å². The normalized spacial score (nSPS) is 18.7. The fraction of sp³-hybridized carbons (Fsp3) is 0.579. The number of piperazine rings is 1. The highest BCUT2D eigenvalue weighted by molar-refractivity contribution is 5.97. The first-order valence-electron chi connectivity index (χ1n) is 8.63. The van der Waals surface area contributed by atoms with Crippen LogP contribution in [-0.4, -0.2) is 47.8 Å². The van der Waals surface area contributed by atoms with Crippen LogP contribution in [-0.2, 0) is 4.79 Å². The van der Waals surface area contributed by atoms with Gasteiger partial charge in [-0.2, -0.15) is 0 Å². The topological polar surface area (TPSA) is 40.6 Å². The third-order valence-electron chi connectivity index (χ3n) is 5.22. The third-order valence-corrected chi connectivity index (χ3v) is 5.22. The molecule has 0 atom stereocenters. The molecule has 2 amide bonds. The quantitative estimate of drug-likeness (QED) is 0.842. The van der Waals surface area contributed by atoms with E-state index in [4.69, 9.17) is 0 Å². The fourth-order valence-corrected chi connectivity index (χ4v) is 3.72. The van der Waals surface area contributed by atoms with Gasteiger partial charge in [-0.1, -0.05) is 24.1 Å². The molecule has 1 saturated heterocycles. The van der Waals surface area contributed by atoms with Crippen LogP contribution >= 0.6 is 0 Å². The Morgan fingerprint density at radius 1 is 0.913 bits per heavy atom. The molecule has 4 heteroatoms. The van der Waals surface area contributed by atoms with Crippen LogP contribution in [0.3, 0.4) is 0 Å². The Morgan fingerprint density at radius 2 is 1.43 bits per heavy atom. The molecule has 0 aromatic heterocycles. The number of amides is 2. The highest BCUT2D eigenvalue weighted by Crippen LogP contribution is 2.28. The summed E-state index contributed by atoms with van der Waals surface area (Å²) >= 11 is 0. The highest BCUT2D eigenvalue weighted by atomic mass is 16.2. The van der Waals surface area contributed by atoms with Gasteiger partial charge in [0.25, 0.3) is 5.91 Å². The Kier molecular flexibility index (Phi) is 4.42. The van der Waals surface area contributed by atoms with Crippen molar-refractivity contribution < 1.29 is 9.59 Å². The zero-order valence-electron chi connectivity index (χ0n) is 14.4. The second kappa shape index (κ2) is 6.34. The number of aryl methyl sites for hydroxylation is 3. The Bertz CT molecular complexity index is 603. The van der Waals surface area contributed by atoms with Crippen LogP contribution in [0.15, 0.2) is 12.1 Å². The van der Waals surface area contributed by atoms with Crippen molar-refractivity contribution in [2.24, 2.45) is 5.92 Å². The minimum absolute atomic E-state index is 0.107. The molecular formula is C19H26N2O2. The maximum absolute atomic E-state index is 12.9. The first-order valence-corrected chi connectivity index (χ1v) is 8.63. The molecule has 1 aliphatic carbocycles. The molecule has 0 spiro atoms. The van der Waals surface area contributed by atoms with Crippen molar-refractivity contribution in [2.45, 2.75) is 40.0 Å². The largest absolute Gasteiger partial charge is 0.339 e. The molecule has 0 N–H and O–H groups in total. The third kappa shape index (κ3) is 3.12. The van der Waals surface area contributed by atoms with Crippen molar-refractivity contribution in [3.63, 3.8) is 0 Å². The van der Waals surface area contributed by atoms with Gasteiger partial charge in [0.1, 0.15) is 0 Å². The van der Waals surface area contributed by atoms with Gasteiger partial charge < -0.3 is 9.80 Å². The predicted octanol–water partition coefficient (Wildman–Crippen LogP) is 2.70. The first kappa shape index (κ1) is 16.0. The summed E-state index contributed by atoms with van der Waals surface area (Å²) in [4.78, 5) is 29.0.